The highest BCUT2D eigenvalue weighted by atomic mass is 16.5. The highest BCUT2D eigenvalue weighted by Gasteiger charge is 2.19. The van der Waals surface area contributed by atoms with Gasteiger partial charge < -0.3 is 24.1 Å². The molecule has 0 saturated heterocycles. The summed E-state index contributed by atoms with van der Waals surface area (Å²) in [7, 11) is 0. The summed E-state index contributed by atoms with van der Waals surface area (Å²) in [5.74, 6) is -1.45. The summed E-state index contributed by atoms with van der Waals surface area (Å²) in [5.41, 5.74) is -0.593. The minimum absolute atomic E-state index is 0.163. The van der Waals surface area contributed by atoms with Crippen molar-refractivity contribution in [1.29, 1.82) is 0 Å². The predicted molar refractivity (Wildman–Crippen MR) is 86.9 cm³/mol. The van der Waals surface area contributed by atoms with Crippen molar-refractivity contribution in [3.63, 3.8) is 0 Å². The Balaban J connectivity index is 2.41. The van der Waals surface area contributed by atoms with Crippen LogP contribution in [-0.2, 0) is 4.79 Å². The zero-order valence-corrected chi connectivity index (χ0v) is 13.6. The largest absolute Gasteiger partial charge is 0.504 e. The summed E-state index contributed by atoms with van der Waals surface area (Å²) < 4.78 is 15.9. The van der Waals surface area contributed by atoms with E-state index in [1.807, 2.05) is 13.8 Å². The number of aromatic hydroxyl groups is 1. The van der Waals surface area contributed by atoms with Gasteiger partial charge in [0.2, 0.25) is 5.75 Å². The fraction of sp³-hybridized carbons (Fsp3) is 0.412. The maximum absolute atomic E-state index is 12.0. The molecule has 24 heavy (non-hydrogen) atoms. The van der Waals surface area contributed by atoms with E-state index in [9.17, 15) is 14.7 Å². The number of carboxylic acid groups (broad SMARTS) is 1. The average molecular weight is 336 g/mol. The van der Waals surface area contributed by atoms with Crippen LogP contribution < -0.4 is 15.1 Å². The highest BCUT2D eigenvalue weighted by molar-refractivity contribution is 5.86. The molecule has 7 heteroatoms. The molecule has 0 amide bonds. The van der Waals surface area contributed by atoms with Gasteiger partial charge in [0.15, 0.2) is 12.4 Å². The number of benzene rings is 1. The summed E-state index contributed by atoms with van der Waals surface area (Å²) in [6.07, 6.45) is 2.11. The lowest BCUT2D eigenvalue weighted by Gasteiger charge is -2.17. The maximum Gasteiger partial charge on any atom is 0.383 e. The lowest BCUT2D eigenvalue weighted by molar-refractivity contribution is -0.139. The summed E-state index contributed by atoms with van der Waals surface area (Å²) in [5, 5.41) is 19.3. The van der Waals surface area contributed by atoms with Gasteiger partial charge in [0, 0.05) is 0 Å². The van der Waals surface area contributed by atoms with Crippen LogP contribution in [0, 0.1) is 0 Å². The van der Waals surface area contributed by atoms with Crippen LogP contribution in [0.2, 0.25) is 0 Å². The summed E-state index contributed by atoms with van der Waals surface area (Å²) in [6.45, 7) is 3.42. The lowest BCUT2D eigenvalue weighted by atomic mass is 10.1. The maximum atomic E-state index is 12.0. The molecule has 0 saturated carbocycles. The Morgan fingerprint density at radius 3 is 2.71 bits per heavy atom. The van der Waals surface area contributed by atoms with Crippen LogP contribution in [0.1, 0.15) is 33.1 Å². The molecular formula is C17H20O7. The van der Waals surface area contributed by atoms with Crippen molar-refractivity contribution < 1.29 is 28.9 Å². The van der Waals surface area contributed by atoms with E-state index >= 15 is 0 Å². The molecule has 0 radical (unpaired) electrons. The van der Waals surface area contributed by atoms with Crippen molar-refractivity contribution >= 4 is 16.9 Å². The highest BCUT2D eigenvalue weighted by Crippen LogP contribution is 2.34. The first-order chi connectivity index (χ1) is 11.5. The molecule has 0 aliphatic heterocycles. The predicted octanol–water partition coefficient (Wildman–Crippen LogP) is 2.92. The molecule has 1 aromatic carbocycles. The standard InChI is InChI=1S/C17H20O7/c1-3-5-10(4-2)23-16-15(20)12-8-11(22-9-14(18)19)6-7-13(12)24-17(16)21/h6-8,10,20H,3-5,9H2,1-2H3,(H,18,19). The molecule has 1 atom stereocenters. The van der Waals surface area contributed by atoms with Crippen LogP contribution in [0.5, 0.6) is 17.2 Å². The lowest BCUT2D eigenvalue weighted by Crippen LogP contribution is -2.19. The van der Waals surface area contributed by atoms with E-state index in [4.69, 9.17) is 19.0 Å². The Morgan fingerprint density at radius 2 is 2.08 bits per heavy atom. The fourth-order valence-corrected chi connectivity index (χ4v) is 2.32. The van der Waals surface area contributed by atoms with Gasteiger partial charge in [-0.25, -0.2) is 9.59 Å². The van der Waals surface area contributed by atoms with Crippen molar-refractivity contribution in [2.24, 2.45) is 0 Å². The number of carbonyl (C=O) groups is 1. The van der Waals surface area contributed by atoms with E-state index in [0.29, 0.717) is 6.42 Å². The second-order valence-corrected chi connectivity index (χ2v) is 5.34. The molecule has 0 aliphatic rings. The van der Waals surface area contributed by atoms with Gasteiger partial charge in [-0.2, -0.15) is 0 Å². The van der Waals surface area contributed by atoms with Gasteiger partial charge in [-0.1, -0.05) is 20.3 Å². The number of ether oxygens (including phenoxy) is 2. The summed E-state index contributed by atoms with van der Waals surface area (Å²) >= 11 is 0. The fourth-order valence-electron chi connectivity index (χ4n) is 2.32. The van der Waals surface area contributed by atoms with E-state index in [2.05, 4.69) is 0 Å². The Bertz CT molecular complexity index is 778. The third-order valence-electron chi connectivity index (χ3n) is 3.52. The molecule has 2 rings (SSSR count). The number of fused-ring (bicyclic) bond motifs is 1. The molecule has 0 bridgehead atoms. The molecule has 0 aliphatic carbocycles. The van der Waals surface area contributed by atoms with Gasteiger partial charge in [0.05, 0.1) is 11.5 Å². The molecule has 1 unspecified atom stereocenters. The average Bonchev–Trinajstić information content (AvgIpc) is 2.56. The summed E-state index contributed by atoms with van der Waals surface area (Å²) in [4.78, 5) is 22.6. The molecule has 0 fully saturated rings. The van der Waals surface area contributed by atoms with Gasteiger partial charge in [0.1, 0.15) is 11.3 Å². The van der Waals surface area contributed by atoms with Crippen molar-refractivity contribution in [2.75, 3.05) is 6.61 Å². The quantitative estimate of drug-likeness (QED) is 0.714. The zero-order valence-electron chi connectivity index (χ0n) is 13.6. The minimum Gasteiger partial charge on any atom is -0.504 e. The van der Waals surface area contributed by atoms with Gasteiger partial charge in [-0.15, -0.1) is 0 Å². The van der Waals surface area contributed by atoms with Crippen molar-refractivity contribution in [3.8, 4) is 17.2 Å². The summed E-state index contributed by atoms with van der Waals surface area (Å²) in [6, 6.07) is 4.30. The van der Waals surface area contributed by atoms with Crippen molar-refractivity contribution in [1.82, 2.24) is 0 Å². The van der Waals surface area contributed by atoms with E-state index in [-0.39, 0.29) is 34.3 Å². The molecule has 2 aromatic rings. The smallest absolute Gasteiger partial charge is 0.383 e. The number of hydrogen-bond acceptors (Lipinski definition) is 6. The van der Waals surface area contributed by atoms with Crippen molar-refractivity contribution in [3.05, 3.63) is 28.6 Å². The van der Waals surface area contributed by atoms with Gasteiger partial charge in [0.25, 0.3) is 0 Å². The zero-order chi connectivity index (χ0) is 17.7. The molecule has 1 aromatic heterocycles. The van der Waals surface area contributed by atoms with E-state index < -0.39 is 18.2 Å². The van der Waals surface area contributed by atoms with E-state index in [1.165, 1.54) is 18.2 Å². The van der Waals surface area contributed by atoms with E-state index in [0.717, 1.165) is 12.8 Å². The first kappa shape index (κ1) is 17.7. The third kappa shape index (κ3) is 3.98. The number of hydrogen-bond donors (Lipinski definition) is 2. The van der Waals surface area contributed by atoms with Crippen LogP contribution >= 0.6 is 0 Å². The Hall–Kier alpha value is -2.70. The normalized spacial score (nSPS) is 12.1. The minimum atomic E-state index is -1.12. The molecule has 2 N–H and O–H groups in total. The number of aliphatic carboxylic acids is 1. The Kier molecular flexibility index (Phi) is 5.68. The SMILES string of the molecule is CCCC(CC)Oc1c(O)c2cc(OCC(=O)O)ccc2oc1=O. The third-order valence-corrected chi connectivity index (χ3v) is 3.52. The van der Waals surface area contributed by atoms with Crippen LogP contribution in [0.25, 0.3) is 11.0 Å². The molecule has 0 spiro atoms. The van der Waals surface area contributed by atoms with Crippen LogP contribution in [0.4, 0.5) is 0 Å². The molecule has 7 nitrogen and oxygen atoms in total. The van der Waals surface area contributed by atoms with Gasteiger partial charge in [-0.05, 0) is 31.0 Å². The first-order valence-corrected chi connectivity index (χ1v) is 7.77. The van der Waals surface area contributed by atoms with Crippen LogP contribution in [0.15, 0.2) is 27.4 Å². The Morgan fingerprint density at radius 1 is 1.33 bits per heavy atom. The first-order valence-electron chi connectivity index (χ1n) is 7.77. The van der Waals surface area contributed by atoms with E-state index in [1.54, 1.807) is 0 Å². The second-order valence-electron chi connectivity index (χ2n) is 5.34. The molecule has 130 valence electrons. The number of carboxylic acids is 1. The second kappa shape index (κ2) is 7.72. The Labute approximate surface area is 138 Å². The van der Waals surface area contributed by atoms with Crippen LogP contribution in [-0.4, -0.2) is 28.9 Å². The van der Waals surface area contributed by atoms with Gasteiger partial charge in [-0.3, -0.25) is 0 Å². The van der Waals surface area contributed by atoms with Crippen molar-refractivity contribution in [2.45, 2.75) is 39.2 Å². The monoisotopic (exact) mass is 336 g/mol. The topological polar surface area (TPSA) is 106 Å². The van der Waals surface area contributed by atoms with Crippen LogP contribution in [0.3, 0.4) is 0 Å². The number of rotatable bonds is 8. The molecular weight excluding hydrogens is 316 g/mol. The van der Waals surface area contributed by atoms with Gasteiger partial charge >= 0.3 is 11.6 Å². The molecule has 1 heterocycles.